The third-order valence-electron chi connectivity index (χ3n) is 4.31. The average molecular weight is 404 g/mol. The van der Waals surface area contributed by atoms with Gasteiger partial charge in [-0.05, 0) is 31.0 Å². The van der Waals surface area contributed by atoms with Crippen LogP contribution in [-0.4, -0.2) is 33.6 Å². The van der Waals surface area contributed by atoms with Gasteiger partial charge in [0.2, 0.25) is 5.91 Å². The molecular weight excluding hydrogens is 386 g/mol. The molecule has 1 aliphatic rings. The molecule has 1 saturated carbocycles. The maximum absolute atomic E-state index is 12.5. The van der Waals surface area contributed by atoms with E-state index in [-0.39, 0.29) is 5.91 Å². The number of aromatic nitrogens is 2. The first kappa shape index (κ1) is 17.8. The van der Waals surface area contributed by atoms with Crippen LogP contribution in [0.15, 0.2) is 41.4 Å². The van der Waals surface area contributed by atoms with Crippen LogP contribution in [0, 0.1) is 0 Å². The lowest BCUT2D eigenvalue weighted by atomic mass is 10.2. The number of fused-ring (bicyclic) bond motifs is 1. The highest BCUT2D eigenvalue weighted by molar-refractivity contribution is 8.00. The molecule has 0 atom stereocenters. The molecule has 1 fully saturated rings. The zero-order valence-corrected chi connectivity index (χ0v) is 16.7. The number of benzene rings is 1. The number of thioether (sulfide) groups is 1. The third-order valence-corrected chi connectivity index (χ3v) is 6.50. The van der Waals surface area contributed by atoms with E-state index in [0.29, 0.717) is 18.2 Å². The van der Waals surface area contributed by atoms with Crippen molar-refractivity contribution in [1.82, 2.24) is 14.9 Å². The van der Waals surface area contributed by atoms with E-state index in [0.717, 1.165) is 43.8 Å². The first-order valence-corrected chi connectivity index (χ1v) is 10.7. The van der Waals surface area contributed by atoms with Gasteiger partial charge in [0.05, 0.1) is 22.2 Å². The van der Waals surface area contributed by atoms with Crippen LogP contribution in [0.4, 0.5) is 0 Å². The lowest BCUT2D eigenvalue weighted by molar-refractivity contribution is -0.127. The fourth-order valence-corrected chi connectivity index (χ4v) is 4.81. The number of carbonyl (C=O) groups excluding carboxylic acids is 1. The molecule has 4 rings (SSSR count). The molecule has 0 radical (unpaired) electrons. The summed E-state index contributed by atoms with van der Waals surface area (Å²) in [6.07, 6.45) is 2.32. The van der Waals surface area contributed by atoms with Crippen molar-refractivity contribution in [1.29, 1.82) is 0 Å². The molecule has 7 heteroatoms. The second kappa shape index (κ2) is 7.55. The van der Waals surface area contributed by atoms with E-state index in [1.54, 1.807) is 4.90 Å². The molecule has 0 unspecified atom stereocenters. The summed E-state index contributed by atoms with van der Waals surface area (Å²) in [6.45, 7) is 0.578. The van der Waals surface area contributed by atoms with E-state index in [2.05, 4.69) is 4.98 Å². The Hall–Kier alpha value is -1.63. The van der Waals surface area contributed by atoms with Gasteiger partial charge in [0.25, 0.3) is 0 Å². The predicted octanol–water partition coefficient (Wildman–Crippen LogP) is 4.97. The van der Waals surface area contributed by atoms with Crippen LogP contribution in [0.1, 0.15) is 29.5 Å². The van der Waals surface area contributed by atoms with Gasteiger partial charge in [0.1, 0.15) is 10.9 Å². The maximum atomic E-state index is 12.5. The summed E-state index contributed by atoms with van der Waals surface area (Å²) >= 11 is 8.96. The number of thiophene rings is 1. The van der Waals surface area contributed by atoms with Gasteiger partial charge in [-0.1, -0.05) is 41.6 Å². The topological polar surface area (TPSA) is 46.1 Å². The van der Waals surface area contributed by atoms with Crippen molar-refractivity contribution in [3.8, 4) is 0 Å². The Labute approximate surface area is 165 Å². The molecule has 1 aromatic carbocycles. The van der Waals surface area contributed by atoms with Gasteiger partial charge >= 0.3 is 0 Å². The van der Waals surface area contributed by atoms with E-state index >= 15 is 0 Å². The predicted molar refractivity (Wildman–Crippen MR) is 108 cm³/mol. The second-order valence-corrected chi connectivity index (χ2v) is 9.19. The van der Waals surface area contributed by atoms with E-state index < -0.39 is 0 Å². The van der Waals surface area contributed by atoms with Gasteiger partial charge in [-0.3, -0.25) is 4.79 Å². The molecule has 1 aliphatic carbocycles. The highest BCUT2D eigenvalue weighted by Gasteiger charge is 2.27. The minimum Gasteiger partial charge on any atom is -0.340 e. The standard InChI is InChI=1S/C19H18ClN3OS2/c1-23(10-13-8-9-16(20)26-13)17(24)11-25-19-14-4-2-3-5-15(14)21-18(22-19)12-6-7-12/h2-5,8-9,12H,6-7,10-11H2,1H3. The van der Waals surface area contributed by atoms with Crippen molar-refractivity contribution in [3.63, 3.8) is 0 Å². The molecule has 0 spiro atoms. The van der Waals surface area contributed by atoms with Gasteiger partial charge < -0.3 is 4.90 Å². The summed E-state index contributed by atoms with van der Waals surface area (Å²) in [5.41, 5.74) is 0.959. The highest BCUT2D eigenvalue weighted by Crippen LogP contribution is 2.39. The summed E-state index contributed by atoms with van der Waals surface area (Å²) in [6, 6.07) is 11.8. The first-order chi connectivity index (χ1) is 12.6. The fraction of sp³-hybridized carbons (Fsp3) is 0.316. The molecule has 26 heavy (non-hydrogen) atoms. The van der Waals surface area contributed by atoms with E-state index in [4.69, 9.17) is 16.6 Å². The summed E-state index contributed by atoms with van der Waals surface area (Å²) in [7, 11) is 1.82. The molecule has 0 bridgehead atoms. The first-order valence-electron chi connectivity index (χ1n) is 8.48. The van der Waals surface area contributed by atoms with Crippen molar-refractivity contribution in [2.24, 2.45) is 0 Å². The number of halogens is 1. The molecule has 0 N–H and O–H groups in total. The van der Waals surface area contributed by atoms with Crippen LogP contribution in [0.2, 0.25) is 4.34 Å². The lowest BCUT2D eigenvalue weighted by Crippen LogP contribution is -2.27. The molecule has 0 aliphatic heterocycles. The Morgan fingerprint density at radius 2 is 2.08 bits per heavy atom. The van der Waals surface area contributed by atoms with Crippen molar-refractivity contribution in [2.75, 3.05) is 12.8 Å². The van der Waals surface area contributed by atoms with Crippen LogP contribution >= 0.6 is 34.7 Å². The summed E-state index contributed by atoms with van der Waals surface area (Å²) in [5, 5.41) is 1.92. The number of hydrogen-bond donors (Lipinski definition) is 0. The van der Waals surface area contributed by atoms with Crippen LogP contribution in [-0.2, 0) is 11.3 Å². The van der Waals surface area contributed by atoms with Crippen LogP contribution < -0.4 is 0 Å². The van der Waals surface area contributed by atoms with Gasteiger partial charge in [0, 0.05) is 23.2 Å². The number of carbonyl (C=O) groups is 1. The Morgan fingerprint density at radius 1 is 1.27 bits per heavy atom. The van der Waals surface area contributed by atoms with Crippen molar-refractivity contribution in [2.45, 2.75) is 30.3 Å². The van der Waals surface area contributed by atoms with Gasteiger partial charge in [0.15, 0.2) is 0 Å². The quantitative estimate of drug-likeness (QED) is 0.430. The number of hydrogen-bond acceptors (Lipinski definition) is 5. The third kappa shape index (κ3) is 4.03. The maximum Gasteiger partial charge on any atom is 0.233 e. The molecule has 4 nitrogen and oxygen atoms in total. The molecule has 2 heterocycles. The Morgan fingerprint density at radius 3 is 2.81 bits per heavy atom. The largest absolute Gasteiger partial charge is 0.340 e. The summed E-state index contributed by atoms with van der Waals surface area (Å²) in [5.74, 6) is 1.84. The Kier molecular flexibility index (Phi) is 5.16. The molecular formula is C19H18ClN3OS2. The van der Waals surface area contributed by atoms with Crippen molar-refractivity contribution >= 4 is 51.5 Å². The number of para-hydroxylation sites is 1. The lowest BCUT2D eigenvalue weighted by Gasteiger charge is -2.16. The smallest absolute Gasteiger partial charge is 0.233 e. The highest BCUT2D eigenvalue weighted by atomic mass is 35.5. The van der Waals surface area contributed by atoms with Gasteiger partial charge in [-0.25, -0.2) is 9.97 Å². The summed E-state index contributed by atoms with van der Waals surface area (Å²) in [4.78, 5) is 24.8. The Balaban J connectivity index is 1.47. The van der Waals surface area contributed by atoms with E-state index in [9.17, 15) is 4.79 Å². The SMILES string of the molecule is CN(Cc1ccc(Cl)s1)C(=O)CSc1nc(C2CC2)nc2ccccc12. The molecule has 3 aromatic rings. The monoisotopic (exact) mass is 403 g/mol. The van der Waals surface area contributed by atoms with E-state index in [1.807, 2.05) is 43.4 Å². The zero-order chi connectivity index (χ0) is 18.1. The number of rotatable bonds is 6. The number of amides is 1. The second-order valence-electron chi connectivity index (χ2n) is 6.42. The molecule has 2 aromatic heterocycles. The fourth-order valence-electron chi connectivity index (χ4n) is 2.70. The average Bonchev–Trinajstić information content (AvgIpc) is 3.42. The van der Waals surface area contributed by atoms with Gasteiger partial charge in [-0.2, -0.15) is 0 Å². The molecule has 134 valence electrons. The van der Waals surface area contributed by atoms with E-state index in [1.165, 1.54) is 23.1 Å². The van der Waals surface area contributed by atoms with Crippen molar-refractivity contribution in [3.05, 3.63) is 51.4 Å². The Bertz CT molecular complexity index is 955. The van der Waals surface area contributed by atoms with Crippen LogP contribution in [0.25, 0.3) is 10.9 Å². The van der Waals surface area contributed by atoms with Crippen molar-refractivity contribution < 1.29 is 4.79 Å². The van der Waals surface area contributed by atoms with Gasteiger partial charge in [-0.15, -0.1) is 11.3 Å². The van der Waals surface area contributed by atoms with Crippen LogP contribution in [0.5, 0.6) is 0 Å². The number of nitrogens with zero attached hydrogens (tertiary/aromatic N) is 3. The normalized spacial score (nSPS) is 13.9. The molecule has 1 amide bonds. The molecule has 0 saturated heterocycles. The minimum absolute atomic E-state index is 0.0789. The van der Waals surface area contributed by atoms with Crippen LogP contribution in [0.3, 0.4) is 0 Å². The minimum atomic E-state index is 0.0789. The zero-order valence-electron chi connectivity index (χ0n) is 14.3. The summed E-state index contributed by atoms with van der Waals surface area (Å²) < 4.78 is 0.746.